The van der Waals surface area contributed by atoms with E-state index in [4.69, 9.17) is 4.52 Å². The van der Waals surface area contributed by atoms with Crippen LogP contribution in [0.1, 0.15) is 0 Å². The maximum Gasteiger partial charge on any atom is 0.207 e. The van der Waals surface area contributed by atoms with Gasteiger partial charge in [-0.15, -0.1) is 0 Å². The summed E-state index contributed by atoms with van der Waals surface area (Å²) in [7, 11) is 0. The largest absolute Gasteiger partial charge is 0.362 e. The molecule has 0 aliphatic carbocycles. The van der Waals surface area contributed by atoms with Crippen LogP contribution in [0.4, 0.5) is 0 Å². The summed E-state index contributed by atoms with van der Waals surface area (Å²) >= 11 is 0. The van der Waals surface area contributed by atoms with E-state index in [2.05, 4.69) is 15.2 Å². The van der Waals surface area contributed by atoms with Gasteiger partial charge < -0.3 is 4.52 Å². The first-order valence-electron chi connectivity index (χ1n) is 3.48. The third-order valence-corrected chi connectivity index (χ3v) is 1.74. The molecule has 0 aliphatic heterocycles. The zero-order chi connectivity index (χ0) is 7.97. The van der Waals surface area contributed by atoms with Crippen molar-refractivity contribution in [2.45, 2.75) is 0 Å². The van der Waals surface area contributed by atoms with E-state index in [1.165, 1.54) is 0 Å². The molecule has 0 N–H and O–H groups in total. The van der Waals surface area contributed by atoms with E-state index in [1.807, 2.05) is 6.07 Å². The fourth-order valence-corrected chi connectivity index (χ4v) is 1.18. The highest BCUT2D eigenvalue weighted by atomic mass is 16.5. The van der Waals surface area contributed by atoms with Crippen LogP contribution in [0, 0.1) is 0 Å². The molecule has 3 aromatic heterocycles. The Bertz CT molecular complexity index is 489. The van der Waals surface area contributed by atoms with Crippen molar-refractivity contribution in [3.63, 3.8) is 0 Å². The van der Waals surface area contributed by atoms with Crippen LogP contribution >= 0.6 is 0 Å². The van der Waals surface area contributed by atoms with Gasteiger partial charge in [0.25, 0.3) is 0 Å². The second-order valence-electron chi connectivity index (χ2n) is 2.45. The topological polar surface area (TPSA) is 56.2 Å². The second kappa shape index (κ2) is 1.82. The fraction of sp³-hybridized carbons (Fsp3) is 0. The minimum atomic E-state index is 0.699. The van der Waals surface area contributed by atoms with Crippen molar-refractivity contribution in [2.24, 2.45) is 0 Å². The maximum atomic E-state index is 4.79. The molecular formula is C7H4N4O. The molecule has 3 heterocycles. The Balaban J connectivity index is 2.71. The van der Waals surface area contributed by atoms with Crippen LogP contribution in [-0.4, -0.2) is 19.8 Å². The van der Waals surface area contributed by atoms with Crippen LogP contribution in [0.2, 0.25) is 0 Å². The Hall–Kier alpha value is -1.91. The predicted molar refractivity (Wildman–Crippen MR) is 40.6 cm³/mol. The van der Waals surface area contributed by atoms with Gasteiger partial charge in [-0.2, -0.15) is 9.61 Å². The average molecular weight is 160 g/mol. The van der Waals surface area contributed by atoms with Crippen LogP contribution in [0.5, 0.6) is 0 Å². The van der Waals surface area contributed by atoms with E-state index < -0.39 is 0 Å². The monoisotopic (exact) mass is 160 g/mol. The third kappa shape index (κ3) is 0.554. The third-order valence-electron chi connectivity index (χ3n) is 1.74. The molecular weight excluding hydrogens is 156 g/mol. The summed E-state index contributed by atoms with van der Waals surface area (Å²) in [5, 5.41) is 8.71. The van der Waals surface area contributed by atoms with E-state index in [-0.39, 0.29) is 0 Å². The van der Waals surface area contributed by atoms with Crippen molar-refractivity contribution >= 4 is 16.7 Å². The molecule has 0 saturated carbocycles. The molecule has 0 atom stereocenters. The van der Waals surface area contributed by atoms with Gasteiger partial charge in [-0.25, -0.2) is 4.98 Å². The Morgan fingerprint density at radius 3 is 3.42 bits per heavy atom. The quantitative estimate of drug-likeness (QED) is 0.489. The SMILES string of the molecule is c1cc2ncc3conc3n2n1. The first kappa shape index (κ1) is 5.70. The lowest BCUT2D eigenvalue weighted by Crippen LogP contribution is -1.90. The molecule has 3 aromatic rings. The molecule has 5 heteroatoms. The van der Waals surface area contributed by atoms with Gasteiger partial charge in [0.05, 0.1) is 11.6 Å². The summed E-state index contributed by atoms with van der Waals surface area (Å²) < 4.78 is 6.43. The minimum Gasteiger partial charge on any atom is -0.362 e. The van der Waals surface area contributed by atoms with Crippen LogP contribution in [0.15, 0.2) is 29.2 Å². The molecule has 0 unspecified atom stereocenters. The number of nitrogens with zero attached hydrogens (tertiary/aromatic N) is 4. The van der Waals surface area contributed by atoms with Crippen molar-refractivity contribution in [1.82, 2.24) is 19.8 Å². The number of hydrogen-bond donors (Lipinski definition) is 0. The minimum absolute atomic E-state index is 0.699. The van der Waals surface area contributed by atoms with Crippen molar-refractivity contribution in [3.8, 4) is 0 Å². The molecule has 0 fully saturated rings. The van der Waals surface area contributed by atoms with E-state index in [0.29, 0.717) is 5.65 Å². The number of fused-ring (bicyclic) bond motifs is 3. The number of rotatable bonds is 0. The average Bonchev–Trinajstić information content (AvgIpc) is 2.71. The fourth-order valence-electron chi connectivity index (χ4n) is 1.18. The van der Waals surface area contributed by atoms with Crippen molar-refractivity contribution in [3.05, 3.63) is 24.7 Å². The molecule has 58 valence electrons. The molecule has 5 nitrogen and oxygen atoms in total. The normalized spacial score (nSPS) is 11.3. The second-order valence-corrected chi connectivity index (χ2v) is 2.45. The predicted octanol–water partition coefficient (Wildman–Crippen LogP) is 0.870. The van der Waals surface area contributed by atoms with E-state index in [1.54, 1.807) is 23.2 Å². The molecule has 0 aliphatic rings. The van der Waals surface area contributed by atoms with Gasteiger partial charge in [-0.1, -0.05) is 5.16 Å². The van der Waals surface area contributed by atoms with E-state index >= 15 is 0 Å². The smallest absolute Gasteiger partial charge is 0.207 e. The number of aromatic nitrogens is 4. The van der Waals surface area contributed by atoms with Gasteiger partial charge in [0.1, 0.15) is 6.26 Å². The Morgan fingerprint density at radius 2 is 2.42 bits per heavy atom. The summed E-state index contributed by atoms with van der Waals surface area (Å²) in [6, 6.07) is 1.81. The van der Waals surface area contributed by atoms with E-state index in [9.17, 15) is 0 Å². The van der Waals surface area contributed by atoms with Crippen LogP contribution in [-0.2, 0) is 0 Å². The Kier molecular flexibility index (Phi) is 0.864. The Morgan fingerprint density at radius 1 is 1.42 bits per heavy atom. The van der Waals surface area contributed by atoms with Crippen LogP contribution in [0.3, 0.4) is 0 Å². The highest BCUT2D eigenvalue weighted by Crippen LogP contribution is 2.11. The van der Waals surface area contributed by atoms with Crippen molar-refractivity contribution in [1.29, 1.82) is 0 Å². The van der Waals surface area contributed by atoms with Crippen LogP contribution < -0.4 is 0 Å². The lowest BCUT2D eigenvalue weighted by atomic mass is 10.4. The van der Waals surface area contributed by atoms with Gasteiger partial charge in [-0.3, -0.25) is 0 Å². The summed E-state index contributed by atoms with van der Waals surface area (Å²) in [6.07, 6.45) is 4.93. The van der Waals surface area contributed by atoms with E-state index in [0.717, 1.165) is 11.0 Å². The highest BCUT2D eigenvalue weighted by molar-refractivity contribution is 5.74. The molecule has 12 heavy (non-hydrogen) atoms. The first-order valence-corrected chi connectivity index (χ1v) is 3.48. The molecule has 0 saturated heterocycles. The standard InChI is InChI=1S/C7H4N4O/c1-2-9-11-6(1)8-3-5-4-12-10-7(5)11/h1-4H. The Labute approximate surface area is 66.6 Å². The molecule has 0 radical (unpaired) electrons. The maximum absolute atomic E-state index is 4.79. The summed E-state index contributed by atoms with van der Waals surface area (Å²) in [5.74, 6) is 0. The number of hydrogen-bond acceptors (Lipinski definition) is 4. The zero-order valence-corrected chi connectivity index (χ0v) is 6.01. The van der Waals surface area contributed by atoms with Crippen molar-refractivity contribution < 1.29 is 4.52 Å². The van der Waals surface area contributed by atoms with Gasteiger partial charge >= 0.3 is 0 Å². The highest BCUT2D eigenvalue weighted by Gasteiger charge is 2.03. The van der Waals surface area contributed by atoms with Crippen LogP contribution in [0.25, 0.3) is 16.7 Å². The van der Waals surface area contributed by atoms with Gasteiger partial charge in [0.15, 0.2) is 5.65 Å². The molecule has 3 rings (SSSR count). The summed E-state index contributed by atoms with van der Waals surface area (Å²) in [4.78, 5) is 4.14. The summed E-state index contributed by atoms with van der Waals surface area (Å²) in [6.45, 7) is 0. The lowest BCUT2D eigenvalue weighted by Gasteiger charge is -1.89. The zero-order valence-electron chi connectivity index (χ0n) is 6.01. The lowest BCUT2D eigenvalue weighted by molar-refractivity contribution is 0.425. The first-order chi connectivity index (χ1) is 5.95. The van der Waals surface area contributed by atoms with Gasteiger partial charge in [-0.05, 0) is 0 Å². The van der Waals surface area contributed by atoms with Gasteiger partial charge in [0, 0.05) is 12.3 Å². The summed E-state index contributed by atoms with van der Waals surface area (Å²) in [5.41, 5.74) is 1.47. The van der Waals surface area contributed by atoms with Crippen molar-refractivity contribution in [2.75, 3.05) is 0 Å². The molecule has 0 aromatic carbocycles. The molecule has 0 spiro atoms. The molecule has 0 bridgehead atoms. The molecule has 0 amide bonds. The van der Waals surface area contributed by atoms with Gasteiger partial charge in [0.2, 0.25) is 5.65 Å².